The number of nitrogens with one attached hydrogen (secondary N) is 3. The van der Waals surface area contributed by atoms with E-state index in [2.05, 4.69) is 16.0 Å². The second-order valence-electron chi connectivity index (χ2n) is 9.45. The third-order valence-corrected chi connectivity index (χ3v) is 6.22. The Hall–Kier alpha value is -3.80. The summed E-state index contributed by atoms with van der Waals surface area (Å²) in [6, 6.07) is 13.3. The Morgan fingerprint density at radius 1 is 0.744 bits per heavy atom. The number of amides is 3. The van der Waals surface area contributed by atoms with Crippen molar-refractivity contribution in [2.45, 2.75) is 69.3 Å². The van der Waals surface area contributed by atoms with Crippen LogP contribution >= 0.6 is 0 Å². The molecule has 0 aliphatic rings. The van der Waals surface area contributed by atoms with Gasteiger partial charge in [-0.25, -0.2) is 4.79 Å². The molecule has 0 saturated carbocycles. The van der Waals surface area contributed by atoms with Crippen molar-refractivity contribution in [1.82, 2.24) is 16.0 Å². The maximum atomic E-state index is 13.5. The number of unbranched alkanes of at least 4 members (excludes halogenated alkanes) is 1. The van der Waals surface area contributed by atoms with Crippen LogP contribution in [-0.4, -0.2) is 70.7 Å². The highest BCUT2D eigenvalue weighted by Gasteiger charge is 2.31. The van der Waals surface area contributed by atoms with E-state index in [1.807, 2.05) is 12.1 Å². The summed E-state index contributed by atoms with van der Waals surface area (Å²) >= 11 is 0. The lowest BCUT2D eigenvalue weighted by atomic mass is 10.0. The normalized spacial score (nSPS) is 14.8. The molecule has 0 saturated heterocycles. The number of rotatable bonds is 16. The fourth-order valence-electron chi connectivity index (χ4n) is 3.90. The molecule has 0 unspecified atom stereocenters. The minimum absolute atomic E-state index is 0.0900. The van der Waals surface area contributed by atoms with Gasteiger partial charge in [0.15, 0.2) is 0 Å². The van der Waals surface area contributed by atoms with Crippen LogP contribution in [0.4, 0.5) is 0 Å². The molecular formula is C28H39N5O6. The number of carboxylic acid groups (broad SMARTS) is 1. The highest BCUT2D eigenvalue weighted by molar-refractivity contribution is 5.94. The number of aliphatic hydroxyl groups excluding tert-OH is 1. The van der Waals surface area contributed by atoms with E-state index >= 15 is 0 Å². The smallest absolute Gasteiger partial charge is 0.326 e. The molecular weight excluding hydrogens is 502 g/mol. The number of carboxylic acids is 1. The van der Waals surface area contributed by atoms with Gasteiger partial charge in [-0.3, -0.25) is 14.4 Å². The average Bonchev–Trinajstić information content (AvgIpc) is 2.92. The summed E-state index contributed by atoms with van der Waals surface area (Å²) in [5, 5.41) is 27.1. The van der Waals surface area contributed by atoms with E-state index in [1.54, 1.807) is 48.5 Å². The van der Waals surface area contributed by atoms with Crippen LogP contribution in [0.2, 0.25) is 0 Å². The molecule has 2 rings (SSSR count). The van der Waals surface area contributed by atoms with Crippen molar-refractivity contribution in [1.29, 1.82) is 0 Å². The van der Waals surface area contributed by atoms with Crippen LogP contribution in [0.3, 0.4) is 0 Å². The number of carbonyl (C=O) groups excluding carboxylic acids is 3. The highest BCUT2D eigenvalue weighted by atomic mass is 16.4. The Bertz CT molecular complexity index is 1070. The molecule has 11 heteroatoms. The van der Waals surface area contributed by atoms with Crippen molar-refractivity contribution in [2.75, 3.05) is 6.54 Å². The zero-order chi connectivity index (χ0) is 28.8. The zero-order valence-corrected chi connectivity index (χ0v) is 22.1. The molecule has 0 spiro atoms. The highest BCUT2D eigenvalue weighted by Crippen LogP contribution is 2.09. The van der Waals surface area contributed by atoms with Gasteiger partial charge in [0.05, 0.1) is 6.10 Å². The predicted octanol–water partition coefficient (Wildman–Crippen LogP) is -0.152. The molecule has 0 aromatic heterocycles. The third-order valence-electron chi connectivity index (χ3n) is 6.22. The topological polar surface area (TPSA) is 197 Å². The van der Waals surface area contributed by atoms with Crippen LogP contribution < -0.4 is 27.4 Å². The van der Waals surface area contributed by atoms with Gasteiger partial charge >= 0.3 is 5.97 Å². The van der Waals surface area contributed by atoms with Gasteiger partial charge in [-0.2, -0.15) is 0 Å². The lowest BCUT2D eigenvalue weighted by Crippen LogP contribution is -2.59. The summed E-state index contributed by atoms with van der Waals surface area (Å²) in [7, 11) is 0. The molecule has 2 aromatic carbocycles. The second kappa shape index (κ2) is 16.2. The van der Waals surface area contributed by atoms with Crippen molar-refractivity contribution in [3.8, 4) is 0 Å². The summed E-state index contributed by atoms with van der Waals surface area (Å²) in [5.74, 6) is -3.24. The van der Waals surface area contributed by atoms with Crippen molar-refractivity contribution >= 4 is 23.7 Å². The first-order valence-electron chi connectivity index (χ1n) is 13.0. The zero-order valence-electron chi connectivity index (χ0n) is 22.1. The van der Waals surface area contributed by atoms with Gasteiger partial charge in [0.1, 0.15) is 24.2 Å². The van der Waals surface area contributed by atoms with Crippen LogP contribution in [0.5, 0.6) is 0 Å². The van der Waals surface area contributed by atoms with Crippen LogP contribution in [0, 0.1) is 0 Å². The largest absolute Gasteiger partial charge is 0.480 e. The third kappa shape index (κ3) is 10.8. The van der Waals surface area contributed by atoms with E-state index in [0.717, 1.165) is 11.1 Å². The number of benzene rings is 2. The summed E-state index contributed by atoms with van der Waals surface area (Å²) in [6.45, 7) is 1.77. The SMILES string of the molecule is C[C@@H](O)[C@H](N)C(=O)N[C@@H](Cc1ccccc1)C(=O)N[C@@H](Cc1ccccc1)C(=O)N[C@@H](CCCCN)C(=O)O. The van der Waals surface area contributed by atoms with Crippen LogP contribution in [0.1, 0.15) is 37.3 Å². The van der Waals surface area contributed by atoms with Crippen molar-refractivity contribution in [2.24, 2.45) is 11.5 Å². The van der Waals surface area contributed by atoms with Gasteiger partial charge in [-0.05, 0) is 43.9 Å². The van der Waals surface area contributed by atoms with Crippen LogP contribution in [0.15, 0.2) is 60.7 Å². The minimum Gasteiger partial charge on any atom is -0.480 e. The Labute approximate surface area is 228 Å². The summed E-state index contributed by atoms with van der Waals surface area (Å²) in [4.78, 5) is 51.1. The molecule has 5 atom stereocenters. The lowest BCUT2D eigenvalue weighted by molar-refractivity contribution is -0.142. The first-order valence-corrected chi connectivity index (χ1v) is 13.0. The van der Waals surface area contributed by atoms with Gasteiger partial charge in [0.25, 0.3) is 0 Å². The fourth-order valence-corrected chi connectivity index (χ4v) is 3.90. The van der Waals surface area contributed by atoms with E-state index in [9.17, 15) is 29.4 Å². The average molecular weight is 542 g/mol. The molecule has 0 heterocycles. The second-order valence-corrected chi connectivity index (χ2v) is 9.45. The molecule has 0 bridgehead atoms. The monoisotopic (exact) mass is 541 g/mol. The van der Waals surface area contributed by atoms with Crippen molar-refractivity contribution in [3.63, 3.8) is 0 Å². The van der Waals surface area contributed by atoms with E-state index in [-0.39, 0.29) is 19.3 Å². The summed E-state index contributed by atoms with van der Waals surface area (Å²) in [6.07, 6.45) is 0.356. The van der Waals surface area contributed by atoms with Crippen molar-refractivity contribution < 1.29 is 29.4 Å². The number of hydrogen-bond donors (Lipinski definition) is 7. The van der Waals surface area contributed by atoms with Gasteiger partial charge < -0.3 is 37.6 Å². The Morgan fingerprint density at radius 3 is 1.59 bits per heavy atom. The number of carbonyl (C=O) groups is 4. The molecule has 2 aromatic rings. The maximum absolute atomic E-state index is 13.5. The van der Waals surface area contributed by atoms with Gasteiger partial charge in [0.2, 0.25) is 17.7 Å². The Kier molecular flexibility index (Phi) is 13.1. The molecule has 0 fully saturated rings. The number of nitrogens with two attached hydrogens (primary N) is 2. The molecule has 11 nitrogen and oxygen atoms in total. The fraction of sp³-hybridized carbons (Fsp3) is 0.429. The van der Waals surface area contributed by atoms with E-state index in [4.69, 9.17) is 11.5 Å². The predicted molar refractivity (Wildman–Crippen MR) is 146 cm³/mol. The van der Waals surface area contributed by atoms with Crippen molar-refractivity contribution in [3.05, 3.63) is 71.8 Å². The standard InChI is InChI=1S/C28H39N5O6/c1-18(34)24(30)27(37)33-23(17-20-12-6-3-7-13-20)26(36)32-22(16-19-10-4-2-5-11-19)25(35)31-21(28(38)39)14-8-9-15-29/h2-7,10-13,18,21-24,34H,8-9,14-17,29-30H2,1H3,(H,31,35)(H,32,36)(H,33,37)(H,38,39)/t18-,21+,22+,23+,24+/m1/s1. The first-order chi connectivity index (χ1) is 18.6. The Morgan fingerprint density at radius 2 is 1.18 bits per heavy atom. The van der Waals surface area contributed by atoms with E-state index < -0.39 is 54.0 Å². The van der Waals surface area contributed by atoms with E-state index in [0.29, 0.717) is 19.4 Å². The summed E-state index contributed by atoms with van der Waals surface area (Å²) in [5.41, 5.74) is 12.8. The molecule has 3 amide bonds. The first kappa shape index (κ1) is 31.4. The van der Waals surface area contributed by atoms with Gasteiger partial charge in [-0.1, -0.05) is 60.7 Å². The quantitative estimate of drug-likeness (QED) is 0.142. The van der Waals surface area contributed by atoms with Gasteiger partial charge in [0, 0.05) is 12.8 Å². The Balaban J connectivity index is 2.28. The number of hydrogen-bond acceptors (Lipinski definition) is 7. The minimum atomic E-state index is -1.26. The molecule has 0 aliphatic heterocycles. The number of aliphatic carboxylic acids is 1. The van der Waals surface area contributed by atoms with Gasteiger partial charge in [-0.15, -0.1) is 0 Å². The molecule has 0 aliphatic carbocycles. The molecule has 0 radical (unpaired) electrons. The lowest BCUT2D eigenvalue weighted by Gasteiger charge is -2.26. The molecule has 9 N–H and O–H groups in total. The molecule has 212 valence electrons. The molecule has 39 heavy (non-hydrogen) atoms. The van der Waals surface area contributed by atoms with Crippen LogP contribution in [-0.2, 0) is 32.0 Å². The number of aliphatic hydroxyl groups is 1. The van der Waals surface area contributed by atoms with Crippen LogP contribution in [0.25, 0.3) is 0 Å². The summed E-state index contributed by atoms with van der Waals surface area (Å²) < 4.78 is 0. The van der Waals surface area contributed by atoms with E-state index in [1.165, 1.54) is 6.92 Å². The maximum Gasteiger partial charge on any atom is 0.326 e.